The average molecular weight is 279 g/mol. The summed E-state index contributed by atoms with van der Waals surface area (Å²) in [5.41, 5.74) is -0.366. The highest BCUT2D eigenvalue weighted by atomic mass is 79.9. The van der Waals surface area contributed by atoms with Gasteiger partial charge in [0.25, 0.3) is 0 Å². The molecule has 0 atom stereocenters. The minimum absolute atomic E-state index is 0.272. The second-order valence-electron chi connectivity index (χ2n) is 2.98. The molecule has 0 fully saturated rings. The zero-order chi connectivity index (χ0) is 11.6. The van der Waals surface area contributed by atoms with Gasteiger partial charge in [-0.05, 0) is 28.1 Å². The molecule has 0 unspecified atom stereocenters. The summed E-state index contributed by atoms with van der Waals surface area (Å²) in [6.07, 6.45) is 0. The summed E-state index contributed by atoms with van der Waals surface area (Å²) >= 11 is 3.14. The number of Topliss-reactive ketones (excluding diaryl/α,β-unsaturated/α-hetero) is 1. The molecule has 1 rings (SSSR count). The lowest BCUT2D eigenvalue weighted by atomic mass is 10.1. The summed E-state index contributed by atoms with van der Waals surface area (Å²) in [4.78, 5) is 10.7. The third-order valence-electron chi connectivity index (χ3n) is 1.96. The predicted molar refractivity (Wildman–Crippen MR) is 55.3 cm³/mol. The van der Waals surface area contributed by atoms with Crippen molar-refractivity contribution in [2.75, 3.05) is 7.11 Å². The van der Waals surface area contributed by atoms with Crippen molar-refractivity contribution in [3.63, 3.8) is 0 Å². The van der Waals surface area contributed by atoms with Gasteiger partial charge in [-0.2, -0.15) is 8.78 Å². The molecule has 0 heterocycles. The Morgan fingerprint density at radius 1 is 1.47 bits per heavy atom. The van der Waals surface area contributed by atoms with E-state index in [-0.39, 0.29) is 11.3 Å². The van der Waals surface area contributed by atoms with Crippen molar-refractivity contribution in [3.8, 4) is 5.75 Å². The van der Waals surface area contributed by atoms with Crippen LogP contribution >= 0.6 is 15.9 Å². The van der Waals surface area contributed by atoms with Crippen LogP contribution in [0.15, 0.2) is 22.7 Å². The fourth-order valence-corrected chi connectivity index (χ4v) is 1.47. The molecule has 0 saturated carbocycles. The van der Waals surface area contributed by atoms with Crippen LogP contribution in [-0.4, -0.2) is 12.9 Å². The first-order valence-electron chi connectivity index (χ1n) is 4.12. The highest BCUT2D eigenvalue weighted by Crippen LogP contribution is 2.34. The maximum Gasteiger partial charge on any atom is 0.330 e. The number of carbonyl (C=O) groups is 1. The lowest BCUT2D eigenvalue weighted by Crippen LogP contribution is -2.22. The van der Waals surface area contributed by atoms with Crippen LogP contribution in [0, 0.1) is 0 Å². The Balaban J connectivity index is 3.22. The monoisotopic (exact) mass is 278 g/mol. The Labute approximate surface area is 94.4 Å². The van der Waals surface area contributed by atoms with Crippen LogP contribution < -0.4 is 4.74 Å². The van der Waals surface area contributed by atoms with Crippen LogP contribution in [0.4, 0.5) is 8.78 Å². The molecule has 0 aliphatic carbocycles. The first-order chi connectivity index (χ1) is 6.89. The largest absolute Gasteiger partial charge is 0.496 e. The number of halogens is 3. The molecule has 0 spiro atoms. The fourth-order valence-electron chi connectivity index (χ4n) is 1.06. The molecule has 15 heavy (non-hydrogen) atoms. The second kappa shape index (κ2) is 4.26. The molecule has 2 nitrogen and oxygen atoms in total. The van der Waals surface area contributed by atoms with Crippen molar-refractivity contribution in [3.05, 3.63) is 28.2 Å². The zero-order valence-electron chi connectivity index (χ0n) is 8.18. The molecule has 0 aromatic heterocycles. The van der Waals surface area contributed by atoms with Gasteiger partial charge in [-0.3, -0.25) is 4.79 Å². The second-order valence-corrected chi connectivity index (χ2v) is 3.83. The lowest BCUT2D eigenvalue weighted by molar-refractivity contribution is -0.141. The molecule has 5 heteroatoms. The first-order valence-corrected chi connectivity index (χ1v) is 4.91. The number of ether oxygens (including phenoxy) is 1. The summed E-state index contributed by atoms with van der Waals surface area (Å²) in [5, 5.41) is 0. The van der Waals surface area contributed by atoms with Crippen molar-refractivity contribution in [1.29, 1.82) is 0 Å². The van der Waals surface area contributed by atoms with Crippen molar-refractivity contribution in [2.45, 2.75) is 12.8 Å². The van der Waals surface area contributed by atoms with Gasteiger partial charge in [-0.25, -0.2) is 0 Å². The Morgan fingerprint density at radius 3 is 2.53 bits per heavy atom. The van der Waals surface area contributed by atoms with E-state index >= 15 is 0 Å². The number of hydrogen-bond acceptors (Lipinski definition) is 2. The molecule has 1 aromatic carbocycles. The van der Waals surface area contributed by atoms with Gasteiger partial charge in [0.2, 0.25) is 5.78 Å². The average Bonchev–Trinajstić information content (AvgIpc) is 2.18. The minimum Gasteiger partial charge on any atom is -0.496 e. The maximum absolute atomic E-state index is 13.3. The molecule has 0 N–H and O–H groups in total. The highest BCUT2D eigenvalue weighted by molar-refractivity contribution is 9.10. The number of benzene rings is 1. The van der Waals surface area contributed by atoms with Crippen LogP contribution in [-0.2, 0) is 10.7 Å². The topological polar surface area (TPSA) is 26.3 Å². The third kappa shape index (κ3) is 2.34. The maximum atomic E-state index is 13.3. The summed E-state index contributed by atoms with van der Waals surface area (Å²) in [7, 11) is 1.37. The van der Waals surface area contributed by atoms with Crippen molar-refractivity contribution < 1.29 is 18.3 Å². The van der Waals surface area contributed by atoms with E-state index in [2.05, 4.69) is 15.9 Å². The zero-order valence-corrected chi connectivity index (χ0v) is 9.77. The molecule has 0 aliphatic rings. The third-order valence-corrected chi connectivity index (χ3v) is 2.61. The summed E-state index contributed by atoms with van der Waals surface area (Å²) in [5.74, 6) is -4.38. The van der Waals surface area contributed by atoms with Gasteiger partial charge < -0.3 is 4.74 Å². The van der Waals surface area contributed by atoms with E-state index in [1.54, 1.807) is 0 Å². The van der Waals surface area contributed by atoms with Gasteiger partial charge in [-0.1, -0.05) is 6.07 Å². The SMILES string of the molecule is COc1cc(C(F)(F)C(C)=O)ccc1Br. The molecule has 0 amide bonds. The molecule has 0 saturated heterocycles. The van der Waals surface area contributed by atoms with Gasteiger partial charge in [0, 0.05) is 12.5 Å². The van der Waals surface area contributed by atoms with Crippen LogP contribution in [0.3, 0.4) is 0 Å². The summed E-state index contributed by atoms with van der Waals surface area (Å²) < 4.78 is 32.0. The molecular weight excluding hydrogens is 270 g/mol. The number of hydrogen-bond donors (Lipinski definition) is 0. The smallest absolute Gasteiger partial charge is 0.330 e. The van der Waals surface area contributed by atoms with Crippen molar-refractivity contribution in [1.82, 2.24) is 0 Å². The van der Waals surface area contributed by atoms with Crippen LogP contribution in [0.1, 0.15) is 12.5 Å². The van der Waals surface area contributed by atoms with Crippen molar-refractivity contribution >= 4 is 21.7 Å². The fraction of sp³-hybridized carbons (Fsp3) is 0.300. The molecule has 0 aliphatic heterocycles. The number of carbonyl (C=O) groups excluding carboxylic acids is 1. The van der Waals surface area contributed by atoms with Crippen molar-refractivity contribution in [2.24, 2.45) is 0 Å². The molecule has 1 aromatic rings. The molecule has 0 bridgehead atoms. The number of ketones is 1. The van der Waals surface area contributed by atoms with Gasteiger partial charge in [-0.15, -0.1) is 0 Å². The lowest BCUT2D eigenvalue weighted by Gasteiger charge is -2.14. The number of rotatable bonds is 3. The Hall–Kier alpha value is -0.970. The predicted octanol–water partition coefficient (Wildman–Crippen LogP) is 3.14. The van der Waals surface area contributed by atoms with E-state index in [9.17, 15) is 13.6 Å². The van der Waals surface area contributed by atoms with E-state index in [1.165, 1.54) is 19.2 Å². The van der Waals surface area contributed by atoms with E-state index < -0.39 is 11.7 Å². The number of methoxy groups -OCH3 is 1. The van der Waals surface area contributed by atoms with Crippen LogP contribution in [0.2, 0.25) is 0 Å². The van der Waals surface area contributed by atoms with E-state index in [1.807, 2.05) is 0 Å². The van der Waals surface area contributed by atoms with E-state index in [0.717, 1.165) is 13.0 Å². The van der Waals surface area contributed by atoms with Gasteiger partial charge in [0.1, 0.15) is 5.75 Å². The van der Waals surface area contributed by atoms with Gasteiger partial charge in [0.05, 0.1) is 11.6 Å². The molecule has 82 valence electrons. The van der Waals surface area contributed by atoms with Gasteiger partial charge in [0.15, 0.2) is 0 Å². The Bertz CT molecular complexity index is 391. The Morgan fingerprint density at radius 2 is 2.07 bits per heavy atom. The van der Waals surface area contributed by atoms with Crippen LogP contribution in [0.5, 0.6) is 5.75 Å². The van der Waals surface area contributed by atoms with E-state index in [0.29, 0.717) is 4.47 Å². The molecule has 0 radical (unpaired) electrons. The quantitative estimate of drug-likeness (QED) is 0.849. The minimum atomic E-state index is -3.46. The summed E-state index contributed by atoms with van der Waals surface area (Å²) in [6.45, 7) is 0.856. The molecular formula is C10H9BrF2O2. The first kappa shape index (κ1) is 12.1. The standard InChI is InChI=1S/C10H9BrF2O2/c1-6(14)10(12,13)7-3-4-8(11)9(5-7)15-2/h3-5H,1-2H3. The van der Waals surface area contributed by atoms with Gasteiger partial charge >= 0.3 is 5.92 Å². The number of alkyl halides is 2. The van der Waals surface area contributed by atoms with E-state index in [4.69, 9.17) is 4.74 Å². The highest BCUT2D eigenvalue weighted by Gasteiger charge is 2.37. The Kier molecular flexibility index (Phi) is 3.44. The summed E-state index contributed by atoms with van der Waals surface area (Å²) in [6, 6.07) is 3.75. The van der Waals surface area contributed by atoms with Crippen LogP contribution in [0.25, 0.3) is 0 Å². The normalized spacial score (nSPS) is 11.3.